The van der Waals surface area contributed by atoms with Crippen molar-refractivity contribution in [3.05, 3.63) is 35.4 Å². The van der Waals surface area contributed by atoms with Crippen molar-refractivity contribution in [1.82, 2.24) is 5.32 Å². The van der Waals surface area contributed by atoms with Gasteiger partial charge in [-0.05, 0) is 50.7 Å². The third-order valence-corrected chi connectivity index (χ3v) is 4.22. The highest BCUT2D eigenvalue weighted by molar-refractivity contribution is 5.35. The Kier molecular flexibility index (Phi) is 2.95. The van der Waals surface area contributed by atoms with E-state index in [1.54, 1.807) is 0 Å². The quantitative estimate of drug-likeness (QED) is 0.758. The second kappa shape index (κ2) is 4.36. The van der Waals surface area contributed by atoms with Gasteiger partial charge in [0.1, 0.15) is 5.60 Å². The first-order valence-electron chi connectivity index (χ1n) is 7.11. The minimum Gasteiger partial charge on any atom is -0.362 e. The molecule has 2 aliphatic rings. The molecular formula is C16H23NO. The molecule has 98 valence electrons. The van der Waals surface area contributed by atoms with Crippen molar-refractivity contribution in [2.75, 3.05) is 13.1 Å². The fourth-order valence-electron chi connectivity index (χ4n) is 3.50. The predicted molar refractivity (Wildman–Crippen MR) is 73.7 cm³/mol. The van der Waals surface area contributed by atoms with Gasteiger partial charge in [-0.15, -0.1) is 0 Å². The van der Waals surface area contributed by atoms with Gasteiger partial charge in [0.15, 0.2) is 0 Å². The van der Waals surface area contributed by atoms with E-state index >= 15 is 0 Å². The summed E-state index contributed by atoms with van der Waals surface area (Å²) in [7, 11) is 0. The molecule has 0 radical (unpaired) electrons. The van der Waals surface area contributed by atoms with Crippen LogP contribution in [-0.4, -0.2) is 18.7 Å². The van der Waals surface area contributed by atoms with E-state index in [4.69, 9.17) is 4.74 Å². The summed E-state index contributed by atoms with van der Waals surface area (Å²) in [5.74, 6) is 0. The van der Waals surface area contributed by atoms with Crippen LogP contribution in [0.15, 0.2) is 24.3 Å². The van der Waals surface area contributed by atoms with Crippen molar-refractivity contribution < 1.29 is 4.74 Å². The Bertz CT molecular complexity index is 440. The summed E-state index contributed by atoms with van der Waals surface area (Å²) in [4.78, 5) is 0. The number of nitrogens with one attached hydrogen (secondary N) is 1. The number of aryl methyl sites for hydroxylation is 1. The van der Waals surface area contributed by atoms with Gasteiger partial charge < -0.3 is 10.1 Å². The van der Waals surface area contributed by atoms with E-state index in [0.717, 1.165) is 19.5 Å². The largest absolute Gasteiger partial charge is 0.362 e. The van der Waals surface area contributed by atoms with Crippen molar-refractivity contribution in [2.24, 2.45) is 0 Å². The Balaban J connectivity index is 2.05. The van der Waals surface area contributed by atoms with Crippen molar-refractivity contribution in [2.45, 2.75) is 50.7 Å². The summed E-state index contributed by atoms with van der Waals surface area (Å²) in [5.41, 5.74) is 2.72. The molecule has 18 heavy (non-hydrogen) atoms. The number of benzene rings is 1. The van der Waals surface area contributed by atoms with Gasteiger partial charge in [-0.25, -0.2) is 0 Å². The van der Waals surface area contributed by atoms with Gasteiger partial charge in [0.2, 0.25) is 0 Å². The lowest BCUT2D eigenvalue weighted by Crippen LogP contribution is -2.56. The van der Waals surface area contributed by atoms with Crippen LogP contribution in [0.4, 0.5) is 0 Å². The Hall–Kier alpha value is -0.860. The summed E-state index contributed by atoms with van der Waals surface area (Å²) < 4.78 is 6.55. The van der Waals surface area contributed by atoms with Gasteiger partial charge in [-0.1, -0.05) is 24.3 Å². The van der Waals surface area contributed by atoms with Crippen LogP contribution in [0.5, 0.6) is 0 Å². The molecule has 1 unspecified atom stereocenters. The van der Waals surface area contributed by atoms with Gasteiger partial charge >= 0.3 is 0 Å². The van der Waals surface area contributed by atoms with Crippen LogP contribution in [0, 0.1) is 0 Å². The fraction of sp³-hybridized carbons (Fsp3) is 0.625. The summed E-state index contributed by atoms with van der Waals surface area (Å²) in [5, 5.41) is 3.58. The number of hydrogen-bond acceptors (Lipinski definition) is 2. The maximum absolute atomic E-state index is 6.55. The third-order valence-electron chi connectivity index (χ3n) is 4.22. The fourth-order valence-corrected chi connectivity index (χ4v) is 3.50. The lowest BCUT2D eigenvalue weighted by molar-refractivity contribution is -0.171. The molecule has 3 rings (SSSR count). The van der Waals surface area contributed by atoms with Crippen molar-refractivity contribution in [3.63, 3.8) is 0 Å². The van der Waals surface area contributed by atoms with E-state index in [2.05, 4.69) is 43.4 Å². The number of rotatable bonds is 0. The first-order chi connectivity index (χ1) is 8.61. The molecule has 0 amide bonds. The van der Waals surface area contributed by atoms with Crippen LogP contribution < -0.4 is 5.32 Å². The Morgan fingerprint density at radius 2 is 1.94 bits per heavy atom. The highest BCUT2D eigenvalue weighted by Crippen LogP contribution is 2.41. The van der Waals surface area contributed by atoms with Gasteiger partial charge in [0, 0.05) is 13.1 Å². The highest BCUT2D eigenvalue weighted by atomic mass is 16.5. The molecule has 2 heteroatoms. The van der Waals surface area contributed by atoms with E-state index in [-0.39, 0.29) is 11.2 Å². The third kappa shape index (κ3) is 2.08. The Morgan fingerprint density at radius 3 is 2.78 bits per heavy atom. The van der Waals surface area contributed by atoms with Crippen LogP contribution in [0.25, 0.3) is 0 Å². The first kappa shape index (κ1) is 12.2. The second-order valence-electron chi connectivity index (χ2n) is 6.32. The molecule has 0 saturated carbocycles. The van der Waals surface area contributed by atoms with Crippen LogP contribution in [0.1, 0.15) is 44.2 Å². The molecule has 0 aromatic heterocycles. The normalized spacial score (nSPS) is 30.8. The molecule has 1 spiro atoms. The average Bonchev–Trinajstić information content (AvgIpc) is 2.49. The predicted octanol–water partition coefficient (Wildman–Crippen LogP) is 3.01. The molecular weight excluding hydrogens is 222 g/mol. The second-order valence-corrected chi connectivity index (χ2v) is 6.32. The summed E-state index contributed by atoms with van der Waals surface area (Å²) in [6, 6.07) is 8.84. The van der Waals surface area contributed by atoms with E-state index in [1.807, 2.05) is 0 Å². The summed E-state index contributed by atoms with van der Waals surface area (Å²) in [6.45, 7) is 6.27. The zero-order valence-corrected chi connectivity index (χ0v) is 11.5. The first-order valence-corrected chi connectivity index (χ1v) is 7.11. The molecule has 1 heterocycles. The average molecular weight is 245 g/mol. The number of hydrogen-bond donors (Lipinski definition) is 1. The molecule has 1 aliphatic carbocycles. The zero-order valence-electron chi connectivity index (χ0n) is 11.5. The summed E-state index contributed by atoms with van der Waals surface area (Å²) in [6.07, 6.45) is 4.87. The Morgan fingerprint density at radius 1 is 1.11 bits per heavy atom. The number of ether oxygens (including phenoxy) is 1. The van der Waals surface area contributed by atoms with Crippen LogP contribution in [0.3, 0.4) is 0 Å². The Labute approximate surface area is 110 Å². The van der Waals surface area contributed by atoms with Crippen LogP contribution >= 0.6 is 0 Å². The smallest absolute Gasteiger partial charge is 0.107 e. The van der Waals surface area contributed by atoms with Gasteiger partial charge in [-0.2, -0.15) is 0 Å². The summed E-state index contributed by atoms with van der Waals surface area (Å²) >= 11 is 0. The van der Waals surface area contributed by atoms with Crippen molar-refractivity contribution in [3.8, 4) is 0 Å². The zero-order chi connectivity index (χ0) is 12.6. The maximum Gasteiger partial charge on any atom is 0.107 e. The van der Waals surface area contributed by atoms with Crippen molar-refractivity contribution >= 4 is 0 Å². The van der Waals surface area contributed by atoms with Crippen LogP contribution in [0.2, 0.25) is 0 Å². The van der Waals surface area contributed by atoms with E-state index in [1.165, 1.54) is 30.4 Å². The lowest BCUT2D eigenvalue weighted by atomic mass is 9.85. The number of morpholine rings is 1. The van der Waals surface area contributed by atoms with Gasteiger partial charge in [0.25, 0.3) is 0 Å². The maximum atomic E-state index is 6.55. The standard InChI is InChI=1S/C16H23NO/c1-15(2)11-17-12-16(18-15)10-6-5-8-13-7-3-4-9-14(13)16/h3-4,7,9,17H,5-6,8,10-12H2,1-2H3. The van der Waals surface area contributed by atoms with Crippen LogP contribution in [-0.2, 0) is 16.8 Å². The molecule has 1 N–H and O–H groups in total. The minimum absolute atomic E-state index is 0.0737. The SMILES string of the molecule is CC1(C)CNCC2(CCCCc3ccccc32)O1. The van der Waals surface area contributed by atoms with E-state index < -0.39 is 0 Å². The van der Waals surface area contributed by atoms with Gasteiger partial charge in [-0.3, -0.25) is 0 Å². The molecule has 1 aliphatic heterocycles. The highest BCUT2D eigenvalue weighted by Gasteiger charge is 2.43. The monoisotopic (exact) mass is 245 g/mol. The van der Waals surface area contributed by atoms with E-state index in [9.17, 15) is 0 Å². The minimum atomic E-state index is -0.102. The topological polar surface area (TPSA) is 21.3 Å². The van der Waals surface area contributed by atoms with E-state index in [0.29, 0.717) is 0 Å². The molecule has 1 saturated heterocycles. The van der Waals surface area contributed by atoms with Crippen molar-refractivity contribution in [1.29, 1.82) is 0 Å². The molecule has 2 nitrogen and oxygen atoms in total. The van der Waals surface area contributed by atoms with Gasteiger partial charge in [0.05, 0.1) is 5.60 Å². The molecule has 0 bridgehead atoms. The molecule has 1 aromatic rings. The molecule has 1 aromatic carbocycles. The molecule has 1 fully saturated rings. The number of fused-ring (bicyclic) bond motifs is 2. The molecule has 1 atom stereocenters. The lowest BCUT2D eigenvalue weighted by Gasteiger charge is -2.46.